The molecular formula is C22H28N4O2. The van der Waals surface area contributed by atoms with Gasteiger partial charge in [0, 0.05) is 47.7 Å². The predicted octanol–water partition coefficient (Wildman–Crippen LogP) is 3.63. The zero-order valence-corrected chi connectivity index (χ0v) is 16.6. The molecule has 3 aliphatic rings. The molecule has 1 N–H and O–H groups in total. The molecule has 6 nitrogen and oxygen atoms in total. The molecule has 0 radical (unpaired) electrons. The topological polar surface area (TPSA) is 59.4 Å². The van der Waals surface area contributed by atoms with Crippen LogP contribution in [-0.2, 0) is 11.2 Å². The highest BCUT2D eigenvalue weighted by molar-refractivity contribution is 5.80. The molecule has 5 rings (SSSR count). The lowest BCUT2D eigenvalue weighted by Gasteiger charge is -2.27. The number of amides is 1. The highest BCUT2D eigenvalue weighted by Gasteiger charge is 2.30. The van der Waals surface area contributed by atoms with Crippen molar-refractivity contribution in [1.82, 2.24) is 14.7 Å². The maximum absolute atomic E-state index is 12.5. The molecule has 2 saturated carbocycles. The zero-order valence-electron chi connectivity index (χ0n) is 16.6. The van der Waals surface area contributed by atoms with Gasteiger partial charge in [-0.1, -0.05) is 0 Å². The van der Waals surface area contributed by atoms with Crippen molar-refractivity contribution >= 4 is 11.6 Å². The lowest BCUT2D eigenvalue weighted by atomic mass is 9.94. The van der Waals surface area contributed by atoms with Crippen molar-refractivity contribution in [2.24, 2.45) is 0 Å². The lowest BCUT2D eigenvalue weighted by molar-refractivity contribution is -0.132. The van der Waals surface area contributed by atoms with Crippen LogP contribution in [0.3, 0.4) is 0 Å². The standard InChI is InChI=1S/C22H28N4O2/c1-14-3-8-19-20(24-14)10-9-18(15-11-23-26(12-15)17-6-7-17)22(19)28-13-21(27)25(2)16-4-5-16/h9-12,14,16-17,24H,3-8,13H2,1-2H3/t14-/m0/s1. The Morgan fingerprint density at radius 1 is 1.29 bits per heavy atom. The van der Waals surface area contributed by atoms with Gasteiger partial charge in [-0.15, -0.1) is 0 Å². The average molecular weight is 380 g/mol. The van der Waals surface area contributed by atoms with Gasteiger partial charge in [-0.25, -0.2) is 0 Å². The second-order valence-electron chi connectivity index (χ2n) is 8.52. The van der Waals surface area contributed by atoms with Crippen LogP contribution in [0.25, 0.3) is 11.1 Å². The number of fused-ring (bicyclic) bond motifs is 1. The first-order valence-electron chi connectivity index (χ1n) is 10.5. The smallest absolute Gasteiger partial charge is 0.260 e. The van der Waals surface area contributed by atoms with Crippen molar-refractivity contribution < 1.29 is 9.53 Å². The van der Waals surface area contributed by atoms with Crippen LogP contribution in [0.15, 0.2) is 24.5 Å². The first-order chi connectivity index (χ1) is 13.6. The van der Waals surface area contributed by atoms with Gasteiger partial charge in [0.05, 0.1) is 12.2 Å². The number of ether oxygens (including phenoxy) is 1. The molecule has 2 heterocycles. The van der Waals surface area contributed by atoms with Crippen molar-refractivity contribution in [3.8, 4) is 16.9 Å². The number of benzene rings is 1. The summed E-state index contributed by atoms with van der Waals surface area (Å²) in [5, 5.41) is 8.10. The van der Waals surface area contributed by atoms with Crippen LogP contribution in [0.1, 0.15) is 50.6 Å². The molecule has 0 unspecified atom stereocenters. The fourth-order valence-electron chi connectivity index (χ4n) is 4.02. The molecule has 1 aromatic heterocycles. The molecule has 2 fully saturated rings. The normalized spacial score (nSPS) is 21.0. The van der Waals surface area contributed by atoms with Crippen LogP contribution in [-0.4, -0.2) is 46.3 Å². The first-order valence-corrected chi connectivity index (χ1v) is 10.5. The highest BCUT2D eigenvalue weighted by atomic mass is 16.5. The Hall–Kier alpha value is -2.50. The highest BCUT2D eigenvalue weighted by Crippen LogP contribution is 2.42. The number of aromatic nitrogens is 2. The van der Waals surface area contributed by atoms with E-state index in [0.717, 1.165) is 48.2 Å². The second-order valence-corrected chi connectivity index (χ2v) is 8.52. The van der Waals surface area contributed by atoms with Gasteiger partial charge in [0.15, 0.2) is 6.61 Å². The Kier molecular flexibility index (Phi) is 4.29. The van der Waals surface area contributed by atoms with Crippen LogP contribution in [0.4, 0.5) is 5.69 Å². The molecule has 6 heteroatoms. The maximum Gasteiger partial charge on any atom is 0.260 e. The molecule has 1 aromatic carbocycles. The molecule has 148 valence electrons. The largest absolute Gasteiger partial charge is 0.483 e. The number of rotatable bonds is 6. The molecule has 0 saturated heterocycles. The van der Waals surface area contributed by atoms with Crippen molar-refractivity contribution in [2.75, 3.05) is 19.0 Å². The lowest BCUT2D eigenvalue weighted by Crippen LogP contribution is -2.33. The van der Waals surface area contributed by atoms with E-state index in [1.807, 2.05) is 18.1 Å². The number of anilines is 1. The molecule has 28 heavy (non-hydrogen) atoms. The van der Waals surface area contributed by atoms with Crippen molar-refractivity contribution in [1.29, 1.82) is 0 Å². The van der Waals surface area contributed by atoms with E-state index >= 15 is 0 Å². The number of carbonyl (C=O) groups excluding carboxylic acids is 1. The van der Waals surface area contributed by atoms with Gasteiger partial charge in [0.25, 0.3) is 5.91 Å². The molecule has 1 atom stereocenters. The molecule has 2 aliphatic carbocycles. The van der Waals surface area contributed by atoms with E-state index in [1.54, 1.807) is 0 Å². The summed E-state index contributed by atoms with van der Waals surface area (Å²) in [5.74, 6) is 0.890. The zero-order chi connectivity index (χ0) is 19.3. The number of hydrogen-bond donors (Lipinski definition) is 1. The average Bonchev–Trinajstić information content (AvgIpc) is 3.63. The number of nitrogens with zero attached hydrogens (tertiary/aromatic N) is 3. The van der Waals surface area contributed by atoms with E-state index in [0.29, 0.717) is 18.1 Å². The minimum absolute atomic E-state index is 0.0527. The van der Waals surface area contributed by atoms with Gasteiger partial charge in [0.1, 0.15) is 5.75 Å². The van der Waals surface area contributed by atoms with Crippen LogP contribution in [0.5, 0.6) is 5.75 Å². The fraction of sp³-hybridized carbons (Fsp3) is 0.545. The van der Waals surface area contributed by atoms with E-state index < -0.39 is 0 Å². The first kappa shape index (κ1) is 17.6. The summed E-state index contributed by atoms with van der Waals surface area (Å²) < 4.78 is 8.26. The summed E-state index contributed by atoms with van der Waals surface area (Å²) in [7, 11) is 1.88. The Labute approximate surface area is 165 Å². The van der Waals surface area contributed by atoms with Crippen LogP contribution in [0.2, 0.25) is 0 Å². The Balaban J connectivity index is 1.45. The van der Waals surface area contributed by atoms with Gasteiger partial charge in [0.2, 0.25) is 0 Å². The summed E-state index contributed by atoms with van der Waals surface area (Å²) >= 11 is 0. The summed E-state index contributed by atoms with van der Waals surface area (Å²) in [6.07, 6.45) is 10.7. The third kappa shape index (κ3) is 3.36. The van der Waals surface area contributed by atoms with Crippen LogP contribution >= 0.6 is 0 Å². The van der Waals surface area contributed by atoms with E-state index in [4.69, 9.17) is 4.74 Å². The molecule has 1 amide bonds. The van der Waals surface area contributed by atoms with Gasteiger partial charge < -0.3 is 15.0 Å². The number of carbonyl (C=O) groups is 1. The molecule has 1 aliphatic heterocycles. The minimum Gasteiger partial charge on any atom is -0.483 e. The number of nitrogens with one attached hydrogen (secondary N) is 1. The monoisotopic (exact) mass is 380 g/mol. The van der Waals surface area contributed by atoms with Gasteiger partial charge in [-0.3, -0.25) is 9.48 Å². The number of hydrogen-bond acceptors (Lipinski definition) is 4. The van der Waals surface area contributed by atoms with E-state index in [-0.39, 0.29) is 12.5 Å². The second kappa shape index (κ2) is 6.83. The third-order valence-corrected chi connectivity index (χ3v) is 6.15. The van der Waals surface area contributed by atoms with Crippen molar-refractivity contribution in [3.63, 3.8) is 0 Å². The van der Waals surface area contributed by atoms with Crippen molar-refractivity contribution in [2.45, 2.75) is 63.6 Å². The molecular weight excluding hydrogens is 352 g/mol. The Morgan fingerprint density at radius 2 is 2.11 bits per heavy atom. The summed E-state index contributed by atoms with van der Waals surface area (Å²) in [6.45, 7) is 2.29. The van der Waals surface area contributed by atoms with E-state index in [9.17, 15) is 4.79 Å². The van der Waals surface area contributed by atoms with E-state index in [2.05, 4.69) is 40.4 Å². The number of likely N-dealkylation sites (N-methyl/N-ethyl adjacent to an activating group) is 1. The SMILES string of the molecule is C[C@H]1CCc2c(ccc(-c3cnn(C4CC4)c3)c2OCC(=O)N(C)C2CC2)N1. The Bertz CT molecular complexity index is 898. The van der Waals surface area contributed by atoms with Crippen LogP contribution < -0.4 is 10.1 Å². The molecule has 0 bridgehead atoms. The molecule has 2 aromatic rings. The third-order valence-electron chi connectivity index (χ3n) is 6.15. The maximum atomic E-state index is 12.5. The molecule has 0 spiro atoms. The van der Waals surface area contributed by atoms with Gasteiger partial charge in [-0.05, 0) is 57.6 Å². The quantitative estimate of drug-likeness (QED) is 0.831. The fourth-order valence-corrected chi connectivity index (χ4v) is 4.02. The van der Waals surface area contributed by atoms with E-state index in [1.165, 1.54) is 18.4 Å². The summed E-state index contributed by atoms with van der Waals surface area (Å²) in [6, 6.07) is 5.64. The predicted molar refractivity (Wildman–Crippen MR) is 109 cm³/mol. The van der Waals surface area contributed by atoms with Gasteiger partial charge in [-0.2, -0.15) is 5.10 Å². The minimum atomic E-state index is 0.0527. The summed E-state index contributed by atoms with van der Waals surface area (Å²) in [4.78, 5) is 14.4. The van der Waals surface area contributed by atoms with Crippen molar-refractivity contribution in [3.05, 3.63) is 30.1 Å². The Morgan fingerprint density at radius 3 is 2.86 bits per heavy atom. The summed E-state index contributed by atoms with van der Waals surface area (Å²) in [5.41, 5.74) is 4.39. The van der Waals surface area contributed by atoms with Crippen LogP contribution in [0, 0.1) is 0 Å². The van der Waals surface area contributed by atoms with Gasteiger partial charge >= 0.3 is 0 Å².